The van der Waals surface area contributed by atoms with Gasteiger partial charge in [0.1, 0.15) is 11.5 Å². The van der Waals surface area contributed by atoms with Crippen molar-refractivity contribution in [2.45, 2.75) is 24.7 Å². The number of rotatable bonds is 6. The van der Waals surface area contributed by atoms with E-state index in [1.54, 1.807) is 24.1 Å². The normalized spacial score (nSPS) is 18.6. The summed E-state index contributed by atoms with van der Waals surface area (Å²) in [5.74, 6) is 0.242. The maximum atomic E-state index is 13.3. The molecule has 10 heteroatoms. The van der Waals surface area contributed by atoms with Crippen LogP contribution in [0.15, 0.2) is 47.4 Å². The number of carbonyl (C=O) groups is 2. The molecule has 4 rings (SSSR count). The third-order valence-corrected chi connectivity index (χ3v) is 7.78. The van der Waals surface area contributed by atoms with Crippen LogP contribution < -0.4 is 19.7 Å². The van der Waals surface area contributed by atoms with E-state index in [9.17, 15) is 18.0 Å². The number of nitrogens with zero attached hydrogens (tertiary/aromatic N) is 2. The Morgan fingerprint density at radius 2 is 2.00 bits per heavy atom. The number of fused-ring (bicyclic) bond motifs is 1. The number of hydrogen-bond donors (Lipinski definition) is 1. The molecule has 1 saturated heterocycles. The Hall–Kier alpha value is -3.11. The monoisotopic (exact) mass is 473 g/mol. The molecular weight excluding hydrogens is 446 g/mol. The van der Waals surface area contributed by atoms with E-state index in [2.05, 4.69) is 5.32 Å². The van der Waals surface area contributed by atoms with Crippen LogP contribution in [0.5, 0.6) is 11.5 Å². The first-order valence-corrected chi connectivity index (χ1v) is 12.3. The Kier molecular flexibility index (Phi) is 6.57. The van der Waals surface area contributed by atoms with Gasteiger partial charge in [-0.15, -0.1) is 0 Å². The van der Waals surface area contributed by atoms with Gasteiger partial charge in [0.15, 0.2) is 6.61 Å². The first-order chi connectivity index (χ1) is 15.8. The molecular formula is C23H27N3O6S. The quantitative estimate of drug-likeness (QED) is 0.691. The first-order valence-electron chi connectivity index (χ1n) is 10.9. The maximum absolute atomic E-state index is 13.3. The van der Waals surface area contributed by atoms with Gasteiger partial charge in [-0.1, -0.05) is 0 Å². The van der Waals surface area contributed by atoms with Gasteiger partial charge in [0, 0.05) is 25.3 Å². The summed E-state index contributed by atoms with van der Waals surface area (Å²) in [6, 6.07) is 11.6. The molecule has 2 aromatic carbocycles. The minimum absolute atomic E-state index is 0.0580. The number of hydrogen-bond acceptors (Lipinski definition) is 6. The highest BCUT2D eigenvalue weighted by Gasteiger charge is 2.35. The molecule has 2 aliphatic rings. The fourth-order valence-electron chi connectivity index (χ4n) is 4.18. The van der Waals surface area contributed by atoms with Crippen molar-refractivity contribution in [1.82, 2.24) is 4.31 Å². The van der Waals surface area contributed by atoms with Crippen molar-refractivity contribution in [1.29, 1.82) is 0 Å². The molecule has 176 valence electrons. The summed E-state index contributed by atoms with van der Waals surface area (Å²) < 4.78 is 38.5. The molecule has 1 N–H and O–H groups in total. The number of carbonyl (C=O) groups excluding carboxylic acids is 2. The van der Waals surface area contributed by atoms with Crippen LogP contribution in [0, 0.1) is 5.92 Å². The highest BCUT2D eigenvalue weighted by atomic mass is 32.2. The van der Waals surface area contributed by atoms with E-state index >= 15 is 0 Å². The van der Waals surface area contributed by atoms with Gasteiger partial charge in [-0.05, 0) is 62.2 Å². The zero-order chi connectivity index (χ0) is 23.6. The summed E-state index contributed by atoms with van der Waals surface area (Å²) in [7, 11) is -2.26. The Labute approximate surface area is 193 Å². The van der Waals surface area contributed by atoms with Gasteiger partial charge in [-0.3, -0.25) is 9.59 Å². The lowest BCUT2D eigenvalue weighted by Gasteiger charge is -2.34. The summed E-state index contributed by atoms with van der Waals surface area (Å²) in [5.41, 5.74) is 1.07. The number of sulfonamides is 1. The van der Waals surface area contributed by atoms with E-state index in [1.165, 1.54) is 22.5 Å². The van der Waals surface area contributed by atoms with Crippen LogP contribution in [0.3, 0.4) is 0 Å². The molecule has 2 aliphatic heterocycles. The Morgan fingerprint density at radius 1 is 1.24 bits per heavy atom. The lowest BCUT2D eigenvalue weighted by atomic mass is 9.97. The molecule has 0 aromatic heterocycles. The molecule has 0 spiro atoms. The smallest absolute Gasteiger partial charge is 0.262 e. The van der Waals surface area contributed by atoms with Crippen molar-refractivity contribution in [2.24, 2.45) is 5.92 Å². The Balaban J connectivity index is 1.53. The molecule has 0 saturated carbocycles. The summed E-state index contributed by atoms with van der Waals surface area (Å²) in [6.45, 7) is 2.70. The molecule has 2 heterocycles. The summed E-state index contributed by atoms with van der Waals surface area (Å²) >= 11 is 0. The first kappa shape index (κ1) is 23.1. The number of methoxy groups -OCH3 is 1. The topological polar surface area (TPSA) is 105 Å². The van der Waals surface area contributed by atoms with Gasteiger partial charge in [-0.2, -0.15) is 4.31 Å². The minimum atomic E-state index is -3.85. The number of benzene rings is 2. The number of ether oxygens (including phenoxy) is 2. The van der Waals surface area contributed by atoms with E-state index in [1.807, 2.05) is 19.1 Å². The van der Waals surface area contributed by atoms with Crippen molar-refractivity contribution in [3.05, 3.63) is 42.5 Å². The van der Waals surface area contributed by atoms with Crippen molar-refractivity contribution in [3.63, 3.8) is 0 Å². The lowest BCUT2D eigenvalue weighted by molar-refractivity contribution is -0.123. The lowest BCUT2D eigenvalue weighted by Crippen LogP contribution is -2.46. The van der Waals surface area contributed by atoms with Crippen LogP contribution >= 0.6 is 0 Å². The van der Waals surface area contributed by atoms with Crippen LogP contribution in [0.2, 0.25) is 0 Å². The van der Waals surface area contributed by atoms with E-state index in [-0.39, 0.29) is 29.9 Å². The van der Waals surface area contributed by atoms with Crippen LogP contribution in [-0.4, -0.2) is 57.9 Å². The second kappa shape index (κ2) is 9.40. The van der Waals surface area contributed by atoms with Crippen molar-refractivity contribution in [2.75, 3.05) is 43.6 Å². The number of piperidine rings is 1. The number of nitrogens with one attached hydrogen (secondary N) is 1. The fraction of sp³-hybridized carbons (Fsp3) is 0.391. The molecule has 33 heavy (non-hydrogen) atoms. The third-order valence-electron chi connectivity index (χ3n) is 5.92. The van der Waals surface area contributed by atoms with Gasteiger partial charge in [-0.25, -0.2) is 8.42 Å². The maximum Gasteiger partial charge on any atom is 0.262 e. The SMILES string of the molecule is CCN(C(=O)C1CCCN(S(=O)(=O)c2ccc3c(c2)NC(=O)CO3)C1)c1ccc(OC)cc1. The van der Waals surface area contributed by atoms with Gasteiger partial charge in [0.2, 0.25) is 15.9 Å². The Morgan fingerprint density at radius 3 is 2.70 bits per heavy atom. The standard InChI is InChI=1S/C23H27N3O6S/c1-3-26(17-6-8-18(31-2)9-7-17)23(28)16-5-4-12-25(14-16)33(29,30)19-10-11-21-20(13-19)24-22(27)15-32-21/h6-11,13,16H,3-5,12,14-15H2,1-2H3,(H,24,27). The van der Waals surface area contributed by atoms with Crippen LogP contribution in [-0.2, 0) is 19.6 Å². The minimum Gasteiger partial charge on any atom is -0.497 e. The number of amides is 2. The largest absolute Gasteiger partial charge is 0.497 e. The molecule has 2 aromatic rings. The average Bonchev–Trinajstić information content (AvgIpc) is 2.84. The van der Waals surface area contributed by atoms with Crippen molar-refractivity contribution < 1.29 is 27.5 Å². The predicted molar refractivity (Wildman–Crippen MR) is 123 cm³/mol. The van der Waals surface area contributed by atoms with Crippen LogP contribution in [0.1, 0.15) is 19.8 Å². The third kappa shape index (κ3) is 4.67. The molecule has 0 radical (unpaired) electrons. The second-order valence-electron chi connectivity index (χ2n) is 7.98. The van der Waals surface area contributed by atoms with E-state index < -0.39 is 15.9 Å². The van der Waals surface area contributed by atoms with E-state index in [4.69, 9.17) is 9.47 Å². The predicted octanol–water partition coefficient (Wildman–Crippen LogP) is 2.48. The summed E-state index contributed by atoms with van der Waals surface area (Å²) in [5, 5.41) is 2.63. The molecule has 0 aliphatic carbocycles. The summed E-state index contributed by atoms with van der Waals surface area (Å²) in [6.07, 6.45) is 1.20. The molecule has 1 unspecified atom stereocenters. The van der Waals surface area contributed by atoms with Crippen molar-refractivity contribution in [3.8, 4) is 11.5 Å². The highest BCUT2D eigenvalue weighted by molar-refractivity contribution is 7.89. The van der Waals surface area contributed by atoms with Gasteiger partial charge >= 0.3 is 0 Å². The summed E-state index contributed by atoms with van der Waals surface area (Å²) in [4.78, 5) is 26.7. The highest BCUT2D eigenvalue weighted by Crippen LogP contribution is 2.33. The second-order valence-corrected chi connectivity index (χ2v) is 9.92. The van der Waals surface area contributed by atoms with E-state index in [0.29, 0.717) is 43.1 Å². The van der Waals surface area contributed by atoms with Gasteiger partial charge in [0.25, 0.3) is 5.91 Å². The molecule has 1 atom stereocenters. The molecule has 2 amide bonds. The molecule has 1 fully saturated rings. The zero-order valence-electron chi connectivity index (χ0n) is 18.6. The fourth-order valence-corrected chi connectivity index (χ4v) is 5.73. The van der Waals surface area contributed by atoms with Gasteiger partial charge in [0.05, 0.1) is 23.6 Å². The number of anilines is 2. The zero-order valence-corrected chi connectivity index (χ0v) is 19.4. The van der Waals surface area contributed by atoms with Crippen molar-refractivity contribution >= 4 is 33.2 Å². The Bertz CT molecular complexity index is 1150. The van der Waals surface area contributed by atoms with Crippen LogP contribution in [0.4, 0.5) is 11.4 Å². The molecule has 9 nitrogen and oxygen atoms in total. The molecule has 0 bridgehead atoms. The van der Waals surface area contributed by atoms with E-state index in [0.717, 1.165) is 5.69 Å². The average molecular weight is 474 g/mol. The van der Waals surface area contributed by atoms with Gasteiger partial charge < -0.3 is 19.7 Å². The van der Waals surface area contributed by atoms with Crippen LogP contribution in [0.25, 0.3) is 0 Å².